The molecule has 0 aliphatic carbocycles. The zero-order valence-corrected chi connectivity index (χ0v) is 18.5. The molecule has 0 fully saturated rings. The van der Waals surface area contributed by atoms with Gasteiger partial charge in [0, 0.05) is 24.2 Å². The SMILES string of the molecule is Cc1ccc2nc(-c3ccc(NC(=O)CCNS(=O)(=O)c4ccccc4)cc3)sc2c1. The molecule has 0 atom stereocenters. The Bertz CT molecular complexity index is 1320. The topological polar surface area (TPSA) is 88.2 Å². The molecule has 4 rings (SSSR count). The molecule has 31 heavy (non-hydrogen) atoms. The highest BCUT2D eigenvalue weighted by Crippen LogP contribution is 2.31. The number of aryl methyl sites for hydroxylation is 1. The summed E-state index contributed by atoms with van der Waals surface area (Å²) in [5, 5.41) is 3.71. The van der Waals surface area contributed by atoms with Gasteiger partial charge in [0.05, 0.1) is 15.1 Å². The van der Waals surface area contributed by atoms with E-state index < -0.39 is 10.0 Å². The van der Waals surface area contributed by atoms with Crippen molar-refractivity contribution in [1.29, 1.82) is 0 Å². The quantitative estimate of drug-likeness (QED) is 0.431. The molecule has 1 aromatic heterocycles. The van der Waals surface area contributed by atoms with Crippen LogP contribution in [0.4, 0.5) is 5.69 Å². The molecule has 158 valence electrons. The molecule has 0 spiro atoms. The van der Waals surface area contributed by atoms with Gasteiger partial charge in [0.25, 0.3) is 0 Å². The highest BCUT2D eigenvalue weighted by Gasteiger charge is 2.13. The average Bonchev–Trinajstić information content (AvgIpc) is 3.18. The van der Waals surface area contributed by atoms with Crippen molar-refractivity contribution in [3.8, 4) is 10.6 Å². The van der Waals surface area contributed by atoms with Crippen LogP contribution in [-0.2, 0) is 14.8 Å². The number of sulfonamides is 1. The molecule has 4 aromatic rings. The summed E-state index contributed by atoms with van der Waals surface area (Å²) in [4.78, 5) is 17.0. The minimum atomic E-state index is -3.61. The number of thiazole rings is 1. The fourth-order valence-corrected chi connectivity index (χ4v) is 5.18. The summed E-state index contributed by atoms with van der Waals surface area (Å²) in [7, 11) is -3.61. The second-order valence-electron chi connectivity index (χ2n) is 7.08. The van der Waals surface area contributed by atoms with Crippen molar-refractivity contribution in [3.63, 3.8) is 0 Å². The normalized spacial score (nSPS) is 11.5. The van der Waals surface area contributed by atoms with Gasteiger partial charge in [0.15, 0.2) is 0 Å². The van der Waals surface area contributed by atoms with Crippen molar-refractivity contribution in [3.05, 3.63) is 78.4 Å². The third-order valence-electron chi connectivity index (χ3n) is 4.66. The largest absolute Gasteiger partial charge is 0.326 e. The van der Waals surface area contributed by atoms with Gasteiger partial charge in [-0.3, -0.25) is 4.79 Å². The first kappa shape index (κ1) is 21.2. The van der Waals surface area contributed by atoms with Crippen LogP contribution in [0.25, 0.3) is 20.8 Å². The highest BCUT2D eigenvalue weighted by atomic mass is 32.2. The fraction of sp³-hybridized carbons (Fsp3) is 0.130. The van der Waals surface area contributed by atoms with E-state index in [0.29, 0.717) is 5.69 Å². The molecular formula is C23H21N3O3S2. The van der Waals surface area contributed by atoms with Crippen molar-refractivity contribution in [2.75, 3.05) is 11.9 Å². The Balaban J connectivity index is 1.33. The van der Waals surface area contributed by atoms with Crippen LogP contribution in [0.1, 0.15) is 12.0 Å². The Morgan fingerprint density at radius 1 is 1.00 bits per heavy atom. The Morgan fingerprint density at radius 2 is 1.74 bits per heavy atom. The van der Waals surface area contributed by atoms with Crippen LogP contribution in [0, 0.1) is 6.92 Å². The molecule has 0 aliphatic heterocycles. The summed E-state index contributed by atoms with van der Waals surface area (Å²) < 4.78 is 27.9. The Labute approximate surface area is 185 Å². The maximum atomic E-state index is 12.2. The van der Waals surface area contributed by atoms with Gasteiger partial charge in [0.2, 0.25) is 15.9 Å². The maximum Gasteiger partial charge on any atom is 0.240 e. The number of benzene rings is 3. The molecule has 0 saturated carbocycles. The molecular weight excluding hydrogens is 430 g/mol. The number of hydrogen-bond acceptors (Lipinski definition) is 5. The number of nitrogens with zero attached hydrogens (tertiary/aromatic N) is 1. The molecule has 0 bridgehead atoms. The fourth-order valence-electron chi connectivity index (χ4n) is 3.06. The number of fused-ring (bicyclic) bond motifs is 1. The minimum absolute atomic E-state index is 0.0201. The van der Waals surface area contributed by atoms with Gasteiger partial charge >= 0.3 is 0 Å². The smallest absolute Gasteiger partial charge is 0.240 e. The predicted octanol–water partition coefficient (Wildman–Crippen LogP) is 4.58. The lowest BCUT2D eigenvalue weighted by Crippen LogP contribution is -2.27. The van der Waals surface area contributed by atoms with Crippen LogP contribution in [0.15, 0.2) is 77.7 Å². The molecule has 0 radical (unpaired) electrons. The highest BCUT2D eigenvalue weighted by molar-refractivity contribution is 7.89. The summed E-state index contributed by atoms with van der Waals surface area (Å²) in [5.41, 5.74) is 3.80. The molecule has 0 unspecified atom stereocenters. The number of carbonyl (C=O) groups is 1. The van der Waals surface area contributed by atoms with E-state index >= 15 is 0 Å². The summed E-state index contributed by atoms with van der Waals surface area (Å²) in [6, 6.07) is 21.7. The van der Waals surface area contributed by atoms with E-state index in [0.717, 1.165) is 20.8 Å². The van der Waals surface area contributed by atoms with E-state index in [9.17, 15) is 13.2 Å². The van der Waals surface area contributed by atoms with Crippen molar-refractivity contribution in [1.82, 2.24) is 9.71 Å². The number of nitrogens with one attached hydrogen (secondary N) is 2. The Kier molecular flexibility index (Phi) is 6.13. The van der Waals surface area contributed by atoms with E-state index in [1.54, 1.807) is 29.5 Å². The first-order chi connectivity index (χ1) is 14.9. The monoisotopic (exact) mass is 451 g/mol. The first-order valence-electron chi connectivity index (χ1n) is 9.73. The average molecular weight is 452 g/mol. The van der Waals surface area contributed by atoms with Gasteiger partial charge in [-0.25, -0.2) is 18.1 Å². The lowest BCUT2D eigenvalue weighted by molar-refractivity contribution is -0.116. The van der Waals surface area contributed by atoms with Crippen LogP contribution in [0.3, 0.4) is 0 Å². The maximum absolute atomic E-state index is 12.2. The molecule has 1 heterocycles. The zero-order valence-electron chi connectivity index (χ0n) is 16.8. The van der Waals surface area contributed by atoms with Gasteiger partial charge in [-0.05, 0) is 61.0 Å². The van der Waals surface area contributed by atoms with Gasteiger partial charge in [-0.2, -0.15) is 0 Å². The predicted molar refractivity (Wildman–Crippen MR) is 125 cm³/mol. The van der Waals surface area contributed by atoms with Gasteiger partial charge < -0.3 is 5.32 Å². The number of aromatic nitrogens is 1. The number of rotatable bonds is 7. The number of amides is 1. The lowest BCUT2D eigenvalue weighted by atomic mass is 10.2. The lowest BCUT2D eigenvalue weighted by Gasteiger charge is -2.08. The second kappa shape index (κ2) is 8.97. The van der Waals surface area contributed by atoms with E-state index in [1.165, 1.54) is 17.7 Å². The van der Waals surface area contributed by atoms with Crippen molar-refractivity contribution < 1.29 is 13.2 Å². The molecule has 0 aliphatic rings. The summed E-state index contributed by atoms with van der Waals surface area (Å²) in [5.74, 6) is -0.265. The van der Waals surface area contributed by atoms with Gasteiger partial charge in [-0.1, -0.05) is 24.3 Å². The van der Waals surface area contributed by atoms with E-state index in [-0.39, 0.29) is 23.8 Å². The summed E-state index contributed by atoms with van der Waals surface area (Å²) in [6.07, 6.45) is 0.0328. The van der Waals surface area contributed by atoms with Crippen LogP contribution in [-0.4, -0.2) is 25.9 Å². The molecule has 1 amide bonds. The van der Waals surface area contributed by atoms with Crippen LogP contribution in [0.5, 0.6) is 0 Å². The van der Waals surface area contributed by atoms with Crippen LogP contribution in [0.2, 0.25) is 0 Å². The van der Waals surface area contributed by atoms with Crippen molar-refractivity contribution in [2.24, 2.45) is 0 Å². The third kappa shape index (κ3) is 5.16. The molecule has 2 N–H and O–H groups in total. The van der Waals surface area contributed by atoms with E-state index in [1.807, 2.05) is 36.4 Å². The number of carbonyl (C=O) groups excluding carboxylic acids is 1. The number of anilines is 1. The van der Waals surface area contributed by atoms with Gasteiger partial charge in [-0.15, -0.1) is 11.3 Å². The summed E-state index contributed by atoms with van der Waals surface area (Å²) >= 11 is 1.63. The second-order valence-corrected chi connectivity index (χ2v) is 9.87. The van der Waals surface area contributed by atoms with Crippen LogP contribution < -0.4 is 10.0 Å². The van der Waals surface area contributed by atoms with Crippen molar-refractivity contribution >= 4 is 43.2 Å². The molecule has 0 saturated heterocycles. The first-order valence-corrected chi connectivity index (χ1v) is 12.0. The van der Waals surface area contributed by atoms with Crippen molar-refractivity contribution in [2.45, 2.75) is 18.2 Å². The van der Waals surface area contributed by atoms with Crippen LogP contribution >= 0.6 is 11.3 Å². The molecule has 3 aromatic carbocycles. The van der Waals surface area contributed by atoms with E-state index in [2.05, 4.69) is 28.0 Å². The Hall–Kier alpha value is -3.07. The number of hydrogen-bond donors (Lipinski definition) is 2. The van der Waals surface area contributed by atoms with Gasteiger partial charge in [0.1, 0.15) is 5.01 Å². The molecule has 8 heteroatoms. The molecule has 6 nitrogen and oxygen atoms in total. The standard InChI is InChI=1S/C23H21N3O3S2/c1-16-7-12-20-21(15-16)30-23(26-20)17-8-10-18(11-9-17)25-22(27)13-14-24-31(28,29)19-5-3-2-4-6-19/h2-12,15,24H,13-14H2,1H3,(H,25,27). The zero-order chi connectivity index (χ0) is 21.8. The Morgan fingerprint density at radius 3 is 2.48 bits per heavy atom. The minimum Gasteiger partial charge on any atom is -0.326 e. The van der Waals surface area contributed by atoms with E-state index in [4.69, 9.17) is 0 Å². The third-order valence-corrected chi connectivity index (χ3v) is 7.20. The summed E-state index contributed by atoms with van der Waals surface area (Å²) in [6.45, 7) is 2.08.